The van der Waals surface area contributed by atoms with Gasteiger partial charge in [0.2, 0.25) is 0 Å². The van der Waals surface area contributed by atoms with Crippen molar-refractivity contribution in [3.63, 3.8) is 0 Å². The third kappa shape index (κ3) is 3.21. The van der Waals surface area contributed by atoms with Gasteiger partial charge in [-0.2, -0.15) is 0 Å². The lowest BCUT2D eigenvalue weighted by Gasteiger charge is -2.24. The fourth-order valence-corrected chi connectivity index (χ4v) is 6.64. The molecule has 2 aromatic heterocycles. The standard InChI is InChI=1S/C37H26N2/c1-37(2)31-22-25-20-24(32-15-9-16-34(39-32)33-14-7-8-19-38-33)18-17-23(25)21-30(31)35-28-12-5-3-10-26(28)27-11-4-6-13-29(27)36(35)37/h3-22H,1-2H3. The Bertz CT molecular complexity index is 2090. The first-order chi connectivity index (χ1) is 19.1. The van der Waals surface area contributed by atoms with Gasteiger partial charge >= 0.3 is 0 Å². The molecule has 184 valence electrons. The molecule has 2 heteroatoms. The highest BCUT2D eigenvalue weighted by Gasteiger charge is 2.38. The van der Waals surface area contributed by atoms with Crippen molar-refractivity contribution in [3.05, 3.63) is 133 Å². The minimum absolute atomic E-state index is 0.115. The quantitative estimate of drug-likeness (QED) is 0.222. The number of aromatic nitrogens is 2. The molecule has 5 aromatic carbocycles. The first kappa shape index (κ1) is 22.2. The summed E-state index contributed by atoms with van der Waals surface area (Å²) in [6.07, 6.45) is 1.81. The Morgan fingerprint density at radius 1 is 0.538 bits per heavy atom. The van der Waals surface area contributed by atoms with E-state index in [1.165, 1.54) is 54.6 Å². The van der Waals surface area contributed by atoms with Gasteiger partial charge in [-0.05, 0) is 97.0 Å². The highest BCUT2D eigenvalue weighted by atomic mass is 14.8. The predicted molar refractivity (Wildman–Crippen MR) is 163 cm³/mol. The van der Waals surface area contributed by atoms with Crippen molar-refractivity contribution in [1.29, 1.82) is 0 Å². The van der Waals surface area contributed by atoms with Crippen LogP contribution in [0.4, 0.5) is 0 Å². The average Bonchev–Trinajstić information content (AvgIpc) is 3.22. The van der Waals surface area contributed by atoms with E-state index in [1.54, 1.807) is 0 Å². The third-order valence-electron chi connectivity index (χ3n) is 8.45. The second-order valence-corrected chi connectivity index (χ2v) is 11.0. The molecule has 39 heavy (non-hydrogen) atoms. The number of fused-ring (bicyclic) bond motifs is 9. The monoisotopic (exact) mass is 498 g/mol. The molecule has 8 rings (SSSR count). The van der Waals surface area contributed by atoms with Gasteiger partial charge in [0.15, 0.2) is 0 Å². The molecule has 1 aliphatic carbocycles. The van der Waals surface area contributed by atoms with Crippen LogP contribution in [-0.4, -0.2) is 9.97 Å². The topological polar surface area (TPSA) is 25.8 Å². The van der Waals surface area contributed by atoms with Gasteiger partial charge in [0.05, 0.1) is 17.1 Å². The summed E-state index contributed by atoms with van der Waals surface area (Å²) in [7, 11) is 0. The molecule has 0 fully saturated rings. The van der Waals surface area contributed by atoms with Crippen molar-refractivity contribution in [2.24, 2.45) is 0 Å². The lowest BCUT2D eigenvalue weighted by molar-refractivity contribution is 0.667. The van der Waals surface area contributed by atoms with Crippen molar-refractivity contribution in [1.82, 2.24) is 9.97 Å². The average molecular weight is 499 g/mol. The molecule has 2 heterocycles. The summed E-state index contributed by atoms with van der Waals surface area (Å²) in [6.45, 7) is 4.76. The van der Waals surface area contributed by atoms with Crippen LogP contribution in [0, 0.1) is 0 Å². The Morgan fingerprint density at radius 3 is 2.03 bits per heavy atom. The van der Waals surface area contributed by atoms with Crippen LogP contribution in [0.1, 0.15) is 25.0 Å². The Morgan fingerprint density at radius 2 is 1.23 bits per heavy atom. The number of hydrogen-bond acceptors (Lipinski definition) is 2. The first-order valence-corrected chi connectivity index (χ1v) is 13.5. The number of hydrogen-bond donors (Lipinski definition) is 0. The second kappa shape index (κ2) is 8.09. The van der Waals surface area contributed by atoms with Crippen molar-refractivity contribution in [3.8, 4) is 33.8 Å². The van der Waals surface area contributed by atoms with Crippen LogP contribution >= 0.6 is 0 Å². The molecular formula is C37H26N2. The maximum atomic E-state index is 4.96. The van der Waals surface area contributed by atoms with Crippen molar-refractivity contribution < 1.29 is 0 Å². The van der Waals surface area contributed by atoms with Crippen LogP contribution in [0.5, 0.6) is 0 Å². The van der Waals surface area contributed by atoms with Crippen LogP contribution in [0.3, 0.4) is 0 Å². The van der Waals surface area contributed by atoms with Gasteiger partial charge in [-0.15, -0.1) is 0 Å². The number of rotatable bonds is 2. The smallest absolute Gasteiger partial charge is 0.0893 e. The number of nitrogens with zero attached hydrogens (tertiary/aromatic N) is 2. The van der Waals surface area contributed by atoms with Crippen LogP contribution in [0.15, 0.2) is 121 Å². The largest absolute Gasteiger partial charge is 0.255 e. The normalized spacial score (nSPS) is 13.6. The van der Waals surface area contributed by atoms with E-state index in [0.717, 1.165) is 22.6 Å². The molecule has 0 saturated carbocycles. The summed E-state index contributed by atoms with van der Waals surface area (Å²) in [5.74, 6) is 0. The van der Waals surface area contributed by atoms with Gasteiger partial charge in [0.1, 0.15) is 0 Å². The summed E-state index contributed by atoms with van der Waals surface area (Å²) >= 11 is 0. The van der Waals surface area contributed by atoms with Crippen LogP contribution in [0.2, 0.25) is 0 Å². The van der Waals surface area contributed by atoms with Gasteiger partial charge in [-0.3, -0.25) is 4.98 Å². The molecule has 0 amide bonds. The maximum Gasteiger partial charge on any atom is 0.0893 e. The molecule has 0 saturated heterocycles. The SMILES string of the molecule is CC1(C)c2cc3cc(-c4cccc(-c5ccccn5)n4)ccc3cc2-c2c1c1ccccc1c1ccccc21. The zero-order valence-corrected chi connectivity index (χ0v) is 21.9. The van der Waals surface area contributed by atoms with Crippen LogP contribution in [-0.2, 0) is 5.41 Å². The lowest BCUT2D eigenvalue weighted by Crippen LogP contribution is -2.15. The fourth-order valence-electron chi connectivity index (χ4n) is 6.64. The molecule has 0 spiro atoms. The minimum Gasteiger partial charge on any atom is -0.255 e. The molecule has 0 bridgehead atoms. The van der Waals surface area contributed by atoms with E-state index in [-0.39, 0.29) is 5.41 Å². The number of benzene rings is 5. The van der Waals surface area contributed by atoms with Crippen LogP contribution in [0.25, 0.3) is 66.1 Å². The number of pyridine rings is 2. The molecular weight excluding hydrogens is 472 g/mol. The predicted octanol–water partition coefficient (Wildman–Crippen LogP) is 9.58. The molecule has 2 nitrogen and oxygen atoms in total. The molecule has 0 unspecified atom stereocenters. The van der Waals surface area contributed by atoms with Crippen LogP contribution < -0.4 is 0 Å². The van der Waals surface area contributed by atoms with Gasteiger partial charge < -0.3 is 0 Å². The highest BCUT2D eigenvalue weighted by molar-refractivity contribution is 6.18. The Hall–Kier alpha value is -4.82. The van der Waals surface area contributed by atoms with E-state index in [2.05, 4.69) is 110 Å². The lowest BCUT2D eigenvalue weighted by atomic mass is 9.79. The summed E-state index contributed by atoms with van der Waals surface area (Å²) in [4.78, 5) is 9.45. The van der Waals surface area contributed by atoms with E-state index in [9.17, 15) is 0 Å². The fraction of sp³-hybridized carbons (Fsp3) is 0.0811. The molecule has 0 radical (unpaired) electrons. The van der Waals surface area contributed by atoms with Gasteiger partial charge in [-0.25, -0.2) is 4.98 Å². The van der Waals surface area contributed by atoms with Gasteiger partial charge in [-0.1, -0.05) is 86.6 Å². The maximum absolute atomic E-state index is 4.96. The Balaban J connectivity index is 1.34. The zero-order chi connectivity index (χ0) is 26.1. The summed E-state index contributed by atoms with van der Waals surface area (Å²) in [5, 5.41) is 7.84. The van der Waals surface area contributed by atoms with Gasteiger partial charge in [0.25, 0.3) is 0 Å². The first-order valence-electron chi connectivity index (χ1n) is 13.5. The Kier molecular flexibility index (Phi) is 4.60. The van der Waals surface area contributed by atoms with E-state index >= 15 is 0 Å². The van der Waals surface area contributed by atoms with E-state index in [4.69, 9.17) is 4.98 Å². The highest BCUT2D eigenvalue weighted by Crippen LogP contribution is 2.55. The summed E-state index contributed by atoms with van der Waals surface area (Å²) in [6, 6.07) is 41.4. The zero-order valence-electron chi connectivity index (χ0n) is 21.9. The van der Waals surface area contributed by atoms with Crippen molar-refractivity contribution >= 4 is 32.3 Å². The molecule has 0 atom stereocenters. The van der Waals surface area contributed by atoms with Crippen molar-refractivity contribution in [2.45, 2.75) is 19.3 Å². The molecule has 0 aliphatic heterocycles. The second-order valence-electron chi connectivity index (χ2n) is 11.0. The summed E-state index contributed by atoms with van der Waals surface area (Å²) in [5.41, 5.74) is 9.30. The van der Waals surface area contributed by atoms with E-state index in [0.29, 0.717) is 0 Å². The minimum atomic E-state index is -0.115. The third-order valence-corrected chi connectivity index (χ3v) is 8.45. The molecule has 1 aliphatic rings. The van der Waals surface area contributed by atoms with E-state index < -0.39 is 0 Å². The Labute approximate surface area is 227 Å². The molecule has 7 aromatic rings. The van der Waals surface area contributed by atoms with Crippen molar-refractivity contribution in [2.75, 3.05) is 0 Å². The van der Waals surface area contributed by atoms with Gasteiger partial charge in [0, 0.05) is 17.2 Å². The summed E-state index contributed by atoms with van der Waals surface area (Å²) < 4.78 is 0. The molecule has 0 N–H and O–H groups in total. The van der Waals surface area contributed by atoms with E-state index in [1.807, 2.05) is 30.5 Å².